The highest BCUT2D eigenvalue weighted by Gasteiger charge is 2.16. The summed E-state index contributed by atoms with van der Waals surface area (Å²) in [6.45, 7) is 1.91. The predicted molar refractivity (Wildman–Crippen MR) is 77.0 cm³/mol. The zero-order valence-electron chi connectivity index (χ0n) is 10.1. The number of halogens is 1. The van der Waals surface area contributed by atoms with Crippen molar-refractivity contribution in [2.75, 3.05) is 19.5 Å². The summed E-state index contributed by atoms with van der Waals surface area (Å²) in [4.78, 5) is 11.8. The largest absolute Gasteiger partial charge is 0.384 e. The Labute approximate surface area is 120 Å². The first-order valence-electron chi connectivity index (χ1n) is 5.15. The van der Waals surface area contributed by atoms with Gasteiger partial charge in [0.05, 0.1) is 12.4 Å². The Bertz CT molecular complexity index is 542. The Balaban J connectivity index is 2.79. The van der Waals surface area contributed by atoms with Crippen LogP contribution < -0.4 is 4.72 Å². The minimum absolute atomic E-state index is 0.0499. The van der Waals surface area contributed by atoms with Gasteiger partial charge in [-0.15, -0.1) is 0 Å². The van der Waals surface area contributed by atoms with Crippen molar-refractivity contribution >= 4 is 38.5 Å². The second-order valence-corrected chi connectivity index (χ2v) is 6.71. The van der Waals surface area contributed by atoms with Gasteiger partial charge in [0.2, 0.25) is 10.0 Å². The van der Waals surface area contributed by atoms with Gasteiger partial charge < -0.3 is 4.74 Å². The van der Waals surface area contributed by atoms with E-state index in [9.17, 15) is 13.2 Å². The number of nitrogens with one attached hydrogen (secondary N) is 1. The number of carbonyl (C=O) groups excluding carboxylic acids is 1. The van der Waals surface area contributed by atoms with E-state index in [1.54, 1.807) is 18.2 Å². The molecule has 0 spiro atoms. The van der Waals surface area contributed by atoms with E-state index in [4.69, 9.17) is 0 Å². The smallest absolute Gasteiger partial charge is 0.264 e. The van der Waals surface area contributed by atoms with Crippen LogP contribution in [0.5, 0.6) is 0 Å². The van der Waals surface area contributed by atoms with E-state index < -0.39 is 15.9 Å². The molecule has 0 aromatic heterocycles. The van der Waals surface area contributed by atoms with E-state index in [0.717, 1.165) is 9.13 Å². The minimum Gasteiger partial charge on any atom is -0.384 e. The number of methoxy groups -OCH3 is 1. The van der Waals surface area contributed by atoms with Crippen LogP contribution in [0.25, 0.3) is 0 Å². The zero-order chi connectivity index (χ0) is 13.8. The standard InChI is InChI=1S/C11H14INO4S/c1-8-7-9(3-4-10(8)12)11(14)13-18(15,16)6-5-17-2/h3-4,7H,5-6H2,1-2H3,(H,13,14). The van der Waals surface area contributed by atoms with Gasteiger partial charge in [0.25, 0.3) is 5.91 Å². The maximum Gasteiger partial charge on any atom is 0.264 e. The van der Waals surface area contributed by atoms with E-state index in [1.807, 2.05) is 11.6 Å². The Morgan fingerprint density at radius 1 is 1.44 bits per heavy atom. The van der Waals surface area contributed by atoms with E-state index in [-0.39, 0.29) is 12.4 Å². The fourth-order valence-corrected chi connectivity index (χ4v) is 2.45. The van der Waals surface area contributed by atoms with Crippen LogP contribution in [0, 0.1) is 10.5 Å². The van der Waals surface area contributed by atoms with Crippen molar-refractivity contribution in [1.29, 1.82) is 0 Å². The average molecular weight is 383 g/mol. The fraction of sp³-hybridized carbons (Fsp3) is 0.364. The molecule has 0 saturated heterocycles. The third-order valence-corrected chi connectivity index (χ3v) is 4.64. The Hall–Kier alpha value is -0.670. The lowest BCUT2D eigenvalue weighted by Crippen LogP contribution is -2.33. The second kappa shape index (κ2) is 6.48. The van der Waals surface area contributed by atoms with Gasteiger partial charge in [-0.3, -0.25) is 4.79 Å². The first kappa shape index (κ1) is 15.4. The lowest BCUT2D eigenvalue weighted by molar-refractivity contribution is 0.0981. The number of aryl methyl sites for hydroxylation is 1. The topological polar surface area (TPSA) is 72.5 Å². The summed E-state index contributed by atoms with van der Waals surface area (Å²) in [5.41, 5.74) is 1.26. The molecule has 0 atom stereocenters. The first-order chi connectivity index (χ1) is 8.35. The van der Waals surface area contributed by atoms with Crippen LogP contribution in [0.3, 0.4) is 0 Å². The van der Waals surface area contributed by atoms with Crippen LogP contribution in [0.1, 0.15) is 15.9 Å². The number of hydrogen-bond acceptors (Lipinski definition) is 4. The second-order valence-electron chi connectivity index (χ2n) is 3.71. The fourth-order valence-electron chi connectivity index (χ4n) is 1.23. The van der Waals surface area contributed by atoms with Crippen molar-refractivity contribution in [2.45, 2.75) is 6.92 Å². The lowest BCUT2D eigenvalue weighted by Gasteiger charge is -2.07. The summed E-state index contributed by atoms with van der Waals surface area (Å²) in [5.74, 6) is -0.857. The Morgan fingerprint density at radius 3 is 2.67 bits per heavy atom. The van der Waals surface area contributed by atoms with Crippen LogP contribution >= 0.6 is 22.6 Å². The number of benzene rings is 1. The van der Waals surface area contributed by atoms with Gasteiger partial charge in [-0.25, -0.2) is 13.1 Å². The molecule has 0 aliphatic carbocycles. The van der Waals surface area contributed by atoms with Gasteiger partial charge in [-0.2, -0.15) is 0 Å². The molecule has 0 radical (unpaired) electrons. The summed E-state index contributed by atoms with van der Waals surface area (Å²) in [5, 5.41) is 0. The number of hydrogen-bond donors (Lipinski definition) is 1. The summed E-state index contributed by atoms with van der Waals surface area (Å²) < 4.78 is 30.7. The lowest BCUT2D eigenvalue weighted by atomic mass is 10.1. The Morgan fingerprint density at radius 2 is 2.11 bits per heavy atom. The van der Waals surface area contributed by atoms with Crippen LogP contribution in [-0.2, 0) is 14.8 Å². The highest BCUT2D eigenvalue weighted by molar-refractivity contribution is 14.1. The van der Waals surface area contributed by atoms with Gasteiger partial charge in [0.1, 0.15) is 0 Å². The maximum atomic E-state index is 11.8. The van der Waals surface area contributed by atoms with Crippen LogP contribution in [0.15, 0.2) is 18.2 Å². The number of sulfonamides is 1. The van der Waals surface area contributed by atoms with E-state index in [0.29, 0.717) is 5.56 Å². The molecule has 0 unspecified atom stereocenters. The number of rotatable bonds is 5. The molecule has 18 heavy (non-hydrogen) atoms. The highest BCUT2D eigenvalue weighted by atomic mass is 127. The van der Waals surface area contributed by atoms with Gasteiger partial charge in [0, 0.05) is 16.2 Å². The monoisotopic (exact) mass is 383 g/mol. The van der Waals surface area contributed by atoms with E-state index in [1.165, 1.54) is 7.11 Å². The van der Waals surface area contributed by atoms with Gasteiger partial charge in [-0.1, -0.05) is 0 Å². The molecule has 1 N–H and O–H groups in total. The summed E-state index contributed by atoms with van der Waals surface area (Å²) in [6, 6.07) is 5.02. The van der Waals surface area contributed by atoms with Gasteiger partial charge in [-0.05, 0) is 53.3 Å². The summed E-state index contributed by atoms with van der Waals surface area (Å²) in [7, 11) is -2.24. The van der Waals surface area contributed by atoms with Gasteiger partial charge in [0.15, 0.2) is 0 Å². The molecule has 0 bridgehead atoms. The van der Waals surface area contributed by atoms with E-state index >= 15 is 0 Å². The minimum atomic E-state index is -3.64. The molecule has 0 saturated carbocycles. The third kappa shape index (κ3) is 4.54. The average Bonchev–Trinajstić information content (AvgIpc) is 2.29. The molecule has 1 aromatic rings. The van der Waals surface area contributed by atoms with Crippen molar-refractivity contribution in [1.82, 2.24) is 4.72 Å². The SMILES string of the molecule is COCCS(=O)(=O)NC(=O)c1ccc(I)c(C)c1. The quantitative estimate of drug-likeness (QED) is 0.779. The van der Waals surface area contributed by atoms with Crippen LogP contribution in [0.4, 0.5) is 0 Å². The predicted octanol–water partition coefficient (Wildman–Crippen LogP) is 1.31. The maximum absolute atomic E-state index is 11.8. The molecule has 1 amide bonds. The molecule has 1 aromatic carbocycles. The van der Waals surface area contributed by atoms with Crippen molar-refractivity contribution in [3.63, 3.8) is 0 Å². The molecule has 0 fully saturated rings. The molecule has 0 heterocycles. The molecule has 5 nitrogen and oxygen atoms in total. The summed E-state index contributed by atoms with van der Waals surface area (Å²) in [6.07, 6.45) is 0. The van der Waals surface area contributed by atoms with Crippen molar-refractivity contribution in [2.24, 2.45) is 0 Å². The molecule has 1 rings (SSSR count). The van der Waals surface area contributed by atoms with Crippen LogP contribution in [0.2, 0.25) is 0 Å². The molecule has 0 aliphatic rings. The summed E-state index contributed by atoms with van der Waals surface area (Å²) >= 11 is 2.14. The highest BCUT2D eigenvalue weighted by Crippen LogP contribution is 2.13. The van der Waals surface area contributed by atoms with Gasteiger partial charge >= 0.3 is 0 Å². The van der Waals surface area contributed by atoms with Crippen molar-refractivity contribution in [3.8, 4) is 0 Å². The third-order valence-electron chi connectivity index (χ3n) is 2.22. The zero-order valence-corrected chi connectivity index (χ0v) is 13.0. The Kier molecular flexibility index (Phi) is 5.54. The number of amides is 1. The normalized spacial score (nSPS) is 11.3. The number of ether oxygens (including phenoxy) is 1. The molecular weight excluding hydrogens is 369 g/mol. The molecule has 100 valence electrons. The van der Waals surface area contributed by atoms with E-state index in [2.05, 4.69) is 27.3 Å². The number of carbonyl (C=O) groups is 1. The molecule has 0 aliphatic heterocycles. The first-order valence-corrected chi connectivity index (χ1v) is 7.89. The molecule has 7 heteroatoms. The van der Waals surface area contributed by atoms with Crippen molar-refractivity contribution in [3.05, 3.63) is 32.9 Å². The van der Waals surface area contributed by atoms with Crippen LogP contribution in [-0.4, -0.2) is 33.8 Å². The molecular formula is C11H14INO4S. The van der Waals surface area contributed by atoms with Crippen molar-refractivity contribution < 1.29 is 17.9 Å².